The Morgan fingerprint density at radius 1 is 1.00 bits per heavy atom. The fourth-order valence-electron chi connectivity index (χ4n) is 2.19. The standard InChI is InChI=1S/C15H12F3N2O7P/c1-26-28(2,25)14-8-10(4-5-11(14)19(21)22)27-13-6-3-9(15(16,17)18)7-12(13)20(23)24/h3-8H,1-2H3. The predicted octanol–water partition coefficient (Wildman–Crippen LogP) is 4.49. The van der Waals surface area contributed by atoms with Crippen LogP contribution in [0, 0.1) is 20.2 Å². The van der Waals surface area contributed by atoms with Gasteiger partial charge in [-0.15, -0.1) is 0 Å². The molecule has 0 heterocycles. The Morgan fingerprint density at radius 2 is 1.61 bits per heavy atom. The Labute approximate surface area is 155 Å². The number of rotatable bonds is 6. The van der Waals surface area contributed by atoms with Crippen LogP contribution in [0.3, 0.4) is 0 Å². The number of nitrogens with zero attached hydrogens (tertiary/aromatic N) is 2. The van der Waals surface area contributed by atoms with Crippen molar-refractivity contribution in [3.63, 3.8) is 0 Å². The van der Waals surface area contributed by atoms with Gasteiger partial charge in [0.15, 0.2) is 0 Å². The molecule has 0 bridgehead atoms. The van der Waals surface area contributed by atoms with Crippen LogP contribution in [-0.4, -0.2) is 23.6 Å². The lowest BCUT2D eigenvalue weighted by atomic mass is 10.2. The molecule has 0 aliphatic heterocycles. The summed E-state index contributed by atoms with van der Waals surface area (Å²) in [5.74, 6) is -0.733. The Balaban J connectivity index is 2.54. The van der Waals surface area contributed by atoms with Crippen molar-refractivity contribution in [3.05, 3.63) is 62.2 Å². The maximum Gasteiger partial charge on any atom is 0.416 e. The van der Waals surface area contributed by atoms with Gasteiger partial charge in [0, 0.05) is 32.0 Å². The first-order valence-electron chi connectivity index (χ1n) is 7.32. The topological polar surface area (TPSA) is 122 Å². The van der Waals surface area contributed by atoms with E-state index >= 15 is 0 Å². The molecule has 0 radical (unpaired) electrons. The molecule has 0 spiro atoms. The number of nitro benzene ring substituents is 2. The van der Waals surface area contributed by atoms with E-state index in [1.807, 2.05) is 0 Å². The lowest BCUT2D eigenvalue weighted by Crippen LogP contribution is -2.11. The first-order chi connectivity index (χ1) is 12.9. The quantitative estimate of drug-likeness (QED) is 0.383. The molecule has 1 unspecified atom stereocenters. The lowest BCUT2D eigenvalue weighted by molar-refractivity contribution is -0.385. The van der Waals surface area contributed by atoms with Crippen LogP contribution in [0.5, 0.6) is 11.5 Å². The zero-order valence-corrected chi connectivity index (χ0v) is 15.2. The van der Waals surface area contributed by atoms with E-state index in [-0.39, 0.29) is 11.1 Å². The molecule has 28 heavy (non-hydrogen) atoms. The molecule has 13 heteroatoms. The fraction of sp³-hybridized carbons (Fsp3) is 0.200. The molecule has 0 amide bonds. The summed E-state index contributed by atoms with van der Waals surface area (Å²) in [4.78, 5) is 20.4. The number of halogens is 3. The SMILES string of the molecule is COP(C)(=O)c1cc(Oc2ccc(C(F)(F)F)cc2[N+](=O)[O-])ccc1[N+](=O)[O-]. The van der Waals surface area contributed by atoms with Crippen molar-refractivity contribution in [2.75, 3.05) is 13.8 Å². The molecule has 0 fully saturated rings. The molecule has 2 rings (SSSR count). The third-order valence-corrected chi connectivity index (χ3v) is 5.57. The van der Waals surface area contributed by atoms with E-state index in [1.165, 1.54) is 0 Å². The minimum absolute atomic E-state index is 0.206. The third-order valence-electron chi connectivity index (χ3n) is 3.64. The molecular weight excluding hydrogens is 408 g/mol. The Hall–Kier alpha value is -2.98. The van der Waals surface area contributed by atoms with Crippen LogP contribution in [0.15, 0.2) is 36.4 Å². The van der Waals surface area contributed by atoms with Crippen molar-refractivity contribution in [2.24, 2.45) is 0 Å². The highest BCUT2D eigenvalue weighted by Gasteiger charge is 2.34. The molecule has 0 saturated heterocycles. The van der Waals surface area contributed by atoms with E-state index in [4.69, 9.17) is 9.26 Å². The molecule has 0 aliphatic rings. The van der Waals surface area contributed by atoms with E-state index in [0.29, 0.717) is 12.1 Å². The van der Waals surface area contributed by atoms with Gasteiger partial charge in [0.1, 0.15) is 11.1 Å². The average molecular weight is 420 g/mol. The first-order valence-corrected chi connectivity index (χ1v) is 9.39. The average Bonchev–Trinajstić information content (AvgIpc) is 2.60. The van der Waals surface area contributed by atoms with Crippen molar-refractivity contribution in [2.45, 2.75) is 6.18 Å². The van der Waals surface area contributed by atoms with E-state index < -0.39 is 46.1 Å². The molecule has 0 aliphatic carbocycles. The number of nitro groups is 2. The molecule has 1 atom stereocenters. The summed E-state index contributed by atoms with van der Waals surface area (Å²) in [6.07, 6.45) is -4.79. The number of benzene rings is 2. The van der Waals surface area contributed by atoms with E-state index in [0.717, 1.165) is 38.0 Å². The maximum absolute atomic E-state index is 12.8. The molecule has 0 N–H and O–H groups in total. The summed E-state index contributed by atoms with van der Waals surface area (Å²) in [7, 11) is -2.53. The summed E-state index contributed by atoms with van der Waals surface area (Å²) in [6.45, 7) is 1.12. The molecule has 2 aromatic rings. The molecule has 0 saturated carbocycles. The van der Waals surface area contributed by atoms with Crippen LogP contribution in [0.1, 0.15) is 5.56 Å². The monoisotopic (exact) mass is 420 g/mol. The molecule has 2 aromatic carbocycles. The zero-order valence-electron chi connectivity index (χ0n) is 14.3. The van der Waals surface area contributed by atoms with Gasteiger partial charge in [-0.05, 0) is 18.2 Å². The minimum atomic E-state index is -4.79. The maximum atomic E-state index is 12.8. The van der Waals surface area contributed by atoms with Gasteiger partial charge in [-0.3, -0.25) is 24.8 Å². The van der Waals surface area contributed by atoms with Gasteiger partial charge in [-0.2, -0.15) is 13.2 Å². The fourth-order valence-corrected chi connectivity index (χ4v) is 3.33. The second kappa shape index (κ2) is 7.56. The Bertz CT molecular complexity index is 994. The highest BCUT2D eigenvalue weighted by molar-refractivity contribution is 7.66. The third kappa shape index (κ3) is 4.46. The first kappa shape index (κ1) is 21.3. The van der Waals surface area contributed by atoms with Gasteiger partial charge in [0.2, 0.25) is 13.1 Å². The Kier molecular flexibility index (Phi) is 5.76. The second-order valence-electron chi connectivity index (χ2n) is 5.48. The van der Waals surface area contributed by atoms with Crippen LogP contribution in [-0.2, 0) is 15.3 Å². The van der Waals surface area contributed by atoms with Gasteiger partial charge in [-0.25, -0.2) is 0 Å². The van der Waals surface area contributed by atoms with Crippen LogP contribution < -0.4 is 10.0 Å². The second-order valence-corrected chi connectivity index (χ2v) is 8.01. The van der Waals surface area contributed by atoms with Crippen LogP contribution >= 0.6 is 7.37 Å². The number of alkyl halides is 3. The van der Waals surface area contributed by atoms with Crippen LogP contribution in [0.2, 0.25) is 0 Å². The molecule has 9 nitrogen and oxygen atoms in total. The zero-order chi connectivity index (χ0) is 21.3. The highest BCUT2D eigenvalue weighted by Crippen LogP contribution is 2.45. The smallest absolute Gasteiger partial charge is 0.416 e. The lowest BCUT2D eigenvalue weighted by Gasteiger charge is -2.14. The summed E-state index contributed by atoms with van der Waals surface area (Å²) in [5.41, 5.74) is -2.73. The van der Waals surface area contributed by atoms with Crippen molar-refractivity contribution in [3.8, 4) is 11.5 Å². The minimum Gasteiger partial charge on any atom is -0.450 e. The molecular formula is C15H12F3N2O7P. The molecule has 0 aromatic heterocycles. The largest absolute Gasteiger partial charge is 0.450 e. The molecule has 150 valence electrons. The van der Waals surface area contributed by atoms with Crippen molar-refractivity contribution < 1.29 is 36.8 Å². The normalized spacial score (nSPS) is 13.6. The van der Waals surface area contributed by atoms with E-state index in [1.54, 1.807) is 0 Å². The summed E-state index contributed by atoms with van der Waals surface area (Å²) < 4.78 is 60.8. The number of hydrogen-bond acceptors (Lipinski definition) is 7. The summed E-state index contributed by atoms with van der Waals surface area (Å²) in [5, 5.41) is 21.9. The number of ether oxygens (including phenoxy) is 1. The van der Waals surface area contributed by atoms with Gasteiger partial charge >= 0.3 is 11.9 Å². The van der Waals surface area contributed by atoms with Crippen molar-refractivity contribution in [1.82, 2.24) is 0 Å². The van der Waals surface area contributed by atoms with E-state index in [9.17, 15) is 38.0 Å². The van der Waals surface area contributed by atoms with Crippen LogP contribution in [0.25, 0.3) is 0 Å². The van der Waals surface area contributed by atoms with Crippen molar-refractivity contribution in [1.29, 1.82) is 0 Å². The van der Waals surface area contributed by atoms with E-state index in [2.05, 4.69) is 0 Å². The highest BCUT2D eigenvalue weighted by atomic mass is 31.2. The summed E-state index contributed by atoms with van der Waals surface area (Å²) >= 11 is 0. The van der Waals surface area contributed by atoms with Gasteiger partial charge < -0.3 is 9.26 Å². The Morgan fingerprint density at radius 3 is 2.11 bits per heavy atom. The van der Waals surface area contributed by atoms with Crippen molar-refractivity contribution >= 4 is 24.0 Å². The number of hydrogen-bond donors (Lipinski definition) is 0. The predicted molar refractivity (Wildman–Crippen MR) is 91.4 cm³/mol. The summed E-state index contributed by atoms with van der Waals surface area (Å²) in [6, 6.07) is 4.66. The van der Waals surface area contributed by atoms with Crippen LogP contribution in [0.4, 0.5) is 24.5 Å². The van der Waals surface area contributed by atoms with Gasteiger partial charge in [0.25, 0.3) is 5.69 Å². The van der Waals surface area contributed by atoms with Gasteiger partial charge in [0.05, 0.1) is 15.4 Å². The van der Waals surface area contributed by atoms with Gasteiger partial charge in [-0.1, -0.05) is 0 Å².